The minimum Gasteiger partial charge on any atom is -0.379 e. The third-order valence-corrected chi connectivity index (χ3v) is 7.93. The molecule has 10 nitrogen and oxygen atoms in total. The lowest BCUT2D eigenvalue weighted by Gasteiger charge is -2.26. The standard InChI is InChI=1S/C27H28F2N6O4S/c1-2-12-40(37,38)34-22-7-6-21(28)23(24(22)29)27(36)31-19-14-20-25(32-33-26(20)30-15-19)18-5-3-4-17(13-18)16-35-8-10-39-11-9-35/h3-7,13-15,34H,2,8-12,16H2,1H3,(H,31,36)(H,30,32,33). The molecule has 40 heavy (non-hydrogen) atoms. The van der Waals surface area contributed by atoms with E-state index >= 15 is 4.39 Å². The van der Waals surface area contributed by atoms with Gasteiger partial charge in [-0.1, -0.05) is 25.1 Å². The van der Waals surface area contributed by atoms with Gasteiger partial charge in [-0.3, -0.25) is 19.5 Å². The smallest absolute Gasteiger partial charge is 0.261 e. The number of morpholine rings is 1. The van der Waals surface area contributed by atoms with E-state index in [1.807, 2.05) is 24.3 Å². The highest BCUT2D eigenvalue weighted by Crippen LogP contribution is 2.29. The fourth-order valence-electron chi connectivity index (χ4n) is 4.55. The van der Waals surface area contributed by atoms with E-state index in [1.54, 1.807) is 13.0 Å². The number of halogens is 2. The first-order valence-corrected chi connectivity index (χ1v) is 14.4. The molecule has 3 heterocycles. The Morgan fingerprint density at radius 3 is 2.73 bits per heavy atom. The van der Waals surface area contributed by atoms with Gasteiger partial charge in [-0.2, -0.15) is 5.10 Å². The number of hydrogen-bond acceptors (Lipinski definition) is 7. The van der Waals surface area contributed by atoms with Gasteiger partial charge in [0, 0.05) is 30.6 Å². The van der Waals surface area contributed by atoms with Gasteiger partial charge < -0.3 is 10.1 Å². The summed E-state index contributed by atoms with van der Waals surface area (Å²) in [6.07, 6.45) is 1.62. The summed E-state index contributed by atoms with van der Waals surface area (Å²) in [7, 11) is -3.85. The summed E-state index contributed by atoms with van der Waals surface area (Å²) < 4.78 is 61.3. The number of carbonyl (C=O) groups excluding carboxylic acids is 1. The third kappa shape index (κ3) is 6.11. The molecule has 0 atom stereocenters. The number of nitrogens with zero attached hydrogens (tertiary/aromatic N) is 3. The fraction of sp³-hybridized carbons (Fsp3) is 0.296. The van der Waals surface area contributed by atoms with E-state index in [0.717, 1.165) is 42.9 Å². The number of ether oxygens (including phenoxy) is 1. The molecule has 2 aromatic carbocycles. The minimum absolute atomic E-state index is 0.181. The summed E-state index contributed by atoms with van der Waals surface area (Å²) in [5.74, 6) is -3.79. The van der Waals surface area contributed by atoms with Gasteiger partial charge in [-0.05, 0) is 36.2 Å². The first-order valence-electron chi connectivity index (χ1n) is 12.8. The molecule has 13 heteroatoms. The predicted octanol–water partition coefficient (Wildman–Crippen LogP) is 4.14. The number of amides is 1. The van der Waals surface area contributed by atoms with E-state index in [0.29, 0.717) is 36.4 Å². The van der Waals surface area contributed by atoms with Crippen molar-refractivity contribution >= 4 is 38.3 Å². The van der Waals surface area contributed by atoms with Crippen LogP contribution >= 0.6 is 0 Å². The van der Waals surface area contributed by atoms with Crippen molar-refractivity contribution in [3.05, 3.63) is 71.4 Å². The van der Waals surface area contributed by atoms with Crippen LogP contribution in [0, 0.1) is 11.6 Å². The van der Waals surface area contributed by atoms with Gasteiger partial charge in [-0.25, -0.2) is 22.2 Å². The molecule has 1 amide bonds. The first kappa shape index (κ1) is 27.6. The molecule has 0 bridgehead atoms. The molecular formula is C27H28F2N6O4S. The third-order valence-electron chi connectivity index (χ3n) is 6.45. The van der Waals surface area contributed by atoms with Crippen LogP contribution in [0.2, 0.25) is 0 Å². The van der Waals surface area contributed by atoms with Crippen LogP contribution < -0.4 is 10.0 Å². The molecule has 4 aromatic rings. The van der Waals surface area contributed by atoms with Crippen molar-refractivity contribution in [1.29, 1.82) is 0 Å². The Labute approximate surface area is 229 Å². The molecule has 3 N–H and O–H groups in total. The number of nitrogens with one attached hydrogen (secondary N) is 3. The maximum atomic E-state index is 15.1. The molecule has 1 aliphatic rings. The maximum absolute atomic E-state index is 15.1. The molecule has 0 aliphatic carbocycles. The topological polar surface area (TPSA) is 129 Å². The van der Waals surface area contributed by atoms with Crippen molar-refractivity contribution in [1.82, 2.24) is 20.1 Å². The molecule has 1 saturated heterocycles. The number of benzene rings is 2. The molecule has 0 spiro atoms. The van der Waals surface area contributed by atoms with Gasteiger partial charge in [0.2, 0.25) is 10.0 Å². The van der Waals surface area contributed by atoms with Gasteiger partial charge in [0.25, 0.3) is 5.91 Å². The van der Waals surface area contributed by atoms with E-state index in [9.17, 15) is 17.6 Å². The summed E-state index contributed by atoms with van der Waals surface area (Å²) in [5, 5.41) is 10.3. The lowest BCUT2D eigenvalue weighted by molar-refractivity contribution is 0.0342. The van der Waals surface area contributed by atoms with Gasteiger partial charge in [0.05, 0.1) is 42.2 Å². The van der Waals surface area contributed by atoms with E-state index in [2.05, 4.69) is 30.1 Å². The average molecular weight is 571 g/mol. The highest BCUT2D eigenvalue weighted by Gasteiger charge is 2.23. The zero-order chi connectivity index (χ0) is 28.3. The number of hydrogen-bond donors (Lipinski definition) is 3. The van der Waals surface area contributed by atoms with Crippen molar-refractivity contribution < 1.29 is 26.7 Å². The number of aromatic nitrogens is 3. The van der Waals surface area contributed by atoms with Crippen LogP contribution in [0.3, 0.4) is 0 Å². The van der Waals surface area contributed by atoms with Crippen LogP contribution in [-0.4, -0.2) is 66.5 Å². The normalized spacial score (nSPS) is 14.4. The van der Waals surface area contributed by atoms with Crippen molar-refractivity contribution in [2.75, 3.05) is 42.1 Å². The molecule has 2 aromatic heterocycles. The van der Waals surface area contributed by atoms with Gasteiger partial charge in [0.1, 0.15) is 11.4 Å². The zero-order valence-corrected chi connectivity index (χ0v) is 22.5. The Bertz CT molecular complexity index is 1650. The Morgan fingerprint density at radius 1 is 1.15 bits per heavy atom. The van der Waals surface area contributed by atoms with Crippen LogP contribution in [0.25, 0.3) is 22.3 Å². The Kier molecular flexibility index (Phi) is 8.05. The molecule has 210 valence electrons. The molecule has 1 aliphatic heterocycles. The van der Waals surface area contributed by atoms with Crippen molar-refractivity contribution in [3.63, 3.8) is 0 Å². The molecule has 0 saturated carbocycles. The van der Waals surface area contributed by atoms with E-state index in [4.69, 9.17) is 4.74 Å². The number of anilines is 2. The number of carbonyl (C=O) groups is 1. The second-order valence-corrected chi connectivity index (χ2v) is 11.3. The van der Waals surface area contributed by atoms with E-state index < -0.39 is 38.8 Å². The second kappa shape index (κ2) is 11.7. The summed E-state index contributed by atoms with van der Waals surface area (Å²) in [6, 6.07) is 11.3. The first-order chi connectivity index (χ1) is 19.2. The maximum Gasteiger partial charge on any atom is 0.261 e. The zero-order valence-electron chi connectivity index (χ0n) is 21.7. The molecular weight excluding hydrogens is 542 g/mol. The van der Waals surface area contributed by atoms with Gasteiger partial charge >= 0.3 is 0 Å². The highest BCUT2D eigenvalue weighted by atomic mass is 32.2. The molecule has 1 fully saturated rings. The quantitative estimate of drug-likeness (QED) is 0.276. The summed E-state index contributed by atoms with van der Waals surface area (Å²) in [6.45, 7) is 5.55. The van der Waals surface area contributed by atoms with Crippen LogP contribution in [-0.2, 0) is 21.3 Å². The molecule has 0 unspecified atom stereocenters. The Balaban J connectivity index is 1.40. The lowest BCUT2D eigenvalue weighted by Crippen LogP contribution is -2.35. The fourth-order valence-corrected chi connectivity index (χ4v) is 5.68. The monoisotopic (exact) mass is 570 g/mol. The average Bonchev–Trinajstić information content (AvgIpc) is 3.34. The lowest BCUT2D eigenvalue weighted by atomic mass is 10.1. The number of H-pyrrole nitrogens is 1. The van der Waals surface area contributed by atoms with Crippen molar-refractivity contribution in [2.24, 2.45) is 0 Å². The highest BCUT2D eigenvalue weighted by molar-refractivity contribution is 7.92. The summed E-state index contributed by atoms with van der Waals surface area (Å²) in [4.78, 5) is 19.5. The number of fused-ring (bicyclic) bond motifs is 1. The SMILES string of the molecule is CCCS(=O)(=O)Nc1ccc(F)c(C(=O)Nc2cnc3n[nH]c(-c4cccc(CN5CCOCC5)c4)c3c2)c1F. The largest absolute Gasteiger partial charge is 0.379 e. The predicted molar refractivity (Wildman–Crippen MR) is 147 cm³/mol. The summed E-state index contributed by atoms with van der Waals surface area (Å²) in [5.41, 5.74) is 1.80. The minimum atomic E-state index is -3.85. The summed E-state index contributed by atoms with van der Waals surface area (Å²) >= 11 is 0. The Hall–Kier alpha value is -3.94. The molecule has 0 radical (unpaired) electrons. The number of rotatable bonds is 9. The molecule has 5 rings (SSSR count). The Morgan fingerprint density at radius 2 is 1.95 bits per heavy atom. The van der Waals surface area contributed by atoms with Crippen molar-refractivity contribution in [3.8, 4) is 11.3 Å². The van der Waals surface area contributed by atoms with Gasteiger partial charge in [-0.15, -0.1) is 0 Å². The van der Waals surface area contributed by atoms with Crippen LogP contribution in [0.5, 0.6) is 0 Å². The number of pyridine rings is 1. The number of sulfonamides is 1. The van der Waals surface area contributed by atoms with E-state index in [-0.39, 0.29) is 11.4 Å². The second-order valence-electron chi connectivity index (χ2n) is 9.44. The van der Waals surface area contributed by atoms with E-state index in [1.165, 1.54) is 6.20 Å². The van der Waals surface area contributed by atoms with Crippen LogP contribution in [0.15, 0.2) is 48.7 Å². The number of aromatic amines is 1. The van der Waals surface area contributed by atoms with Gasteiger partial charge in [0.15, 0.2) is 11.5 Å². The van der Waals surface area contributed by atoms with Crippen LogP contribution in [0.4, 0.5) is 20.2 Å². The van der Waals surface area contributed by atoms with Crippen molar-refractivity contribution in [2.45, 2.75) is 19.9 Å². The van der Waals surface area contributed by atoms with Crippen LogP contribution in [0.1, 0.15) is 29.3 Å².